The van der Waals surface area contributed by atoms with E-state index in [2.05, 4.69) is 17.4 Å². The van der Waals surface area contributed by atoms with Crippen molar-refractivity contribution in [2.24, 2.45) is 5.73 Å². The molecule has 5 rings (SSSR count). The molecule has 0 radical (unpaired) electrons. The fraction of sp³-hybridized carbons (Fsp3) is 0.208. The third-order valence-electron chi connectivity index (χ3n) is 5.75. The highest BCUT2D eigenvalue weighted by atomic mass is 16.7. The van der Waals surface area contributed by atoms with Gasteiger partial charge in [0.1, 0.15) is 0 Å². The molecule has 0 aromatic heterocycles. The van der Waals surface area contributed by atoms with Crippen LogP contribution in [-0.2, 0) is 16.8 Å². The van der Waals surface area contributed by atoms with Crippen molar-refractivity contribution in [2.45, 2.75) is 24.8 Å². The monoisotopic (exact) mass is 386 g/mol. The summed E-state index contributed by atoms with van der Waals surface area (Å²) in [6, 6.07) is 21.9. The fourth-order valence-electron chi connectivity index (χ4n) is 3.84. The molecule has 1 saturated carbocycles. The number of nitrogens with two attached hydrogens (primary N) is 1. The van der Waals surface area contributed by atoms with Crippen LogP contribution in [0.25, 0.3) is 11.1 Å². The van der Waals surface area contributed by atoms with E-state index in [1.165, 1.54) is 0 Å². The Morgan fingerprint density at radius 1 is 0.931 bits per heavy atom. The van der Waals surface area contributed by atoms with Gasteiger partial charge in [0.15, 0.2) is 11.5 Å². The van der Waals surface area contributed by atoms with Crippen LogP contribution in [-0.4, -0.2) is 12.7 Å². The van der Waals surface area contributed by atoms with Gasteiger partial charge in [0.2, 0.25) is 12.7 Å². The summed E-state index contributed by atoms with van der Waals surface area (Å²) in [5, 5.41) is 3.08. The molecular formula is C24H22N2O3. The maximum absolute atomic E-state index is 13.0. The van der Waals surface area contributed by atoms with Crippen molar-refractivity contribution >= 4 is 11.6 Å². The average Bonchev–Trinajstić information content (AvgIpc) is 3.45. The molecule has 2 aliphatic rings. The average molecular weight is 386 g/mol. The van der Waals surface area contributed by atoms with Gasteiger partial charge in [0.25, 0.3) is 0 Å². The van der Waals surface area contributed by atoms with Gasteiger partial charge in [0, 0.05) is 12.2 Å². The molecule has 5 heteroatoms. The Bertz CT molecular complexity index is 1070. The molecule has 29 heavy (non-hydrogen) atoms. The van der Waals surface area contributed by atoms with Crippen molar-refractivity contribution in [1.82, 2.24) is 0 Å². The lowest BCUT2D eigenvalue weighted by atomic mass is 9.94. The second-order valence-corrected chi connectivity index (χ2v) is 7.59. The Morgan fingerprint density at radius 3 is 2.48 bits per heavy atom. The number of nitrogens with one attached hydrogen (secondary N) is 1. The zero-order chi connectivity index (χ0) is 19.8. The number of carbonyl (C=O) groups is 1. The van der Waals surface area contributed by atoms with Crippen molar-refractivity contribution < 1.29 is 14.3 Å². The highest BCUT2D eigenvalue weighted by Gasteiger charge is 2.51. The van der Waals surface area contributed by atoms with Crippen LogP contribution in [0, 0.1) is 0 Å². The van der Waals surface area contributed by atoms with Crippen LogP contribution in [0.1, 0.15) is 24.0 Å². The molecule has 5 nitrogen and oxygen atoms in total. The van der Waals surface area contributed by atoms with Crippen LogP contribution in [0.2, 0.25) is 0 Å². The van der Waals surface area contributed by atoms with Gasteiger partial charge in [0.05, 0.1) is 5.41 Å². The van der Waals surface area contributed by atoms with E-state index in [1.807, 2.05) is 54.6 Å². The zero-order valence-corrected chi connectivity index (χ0v) is 16.0. The van der Waals surface area contributed by atoms with E-state index in [0.717, 1.165) is 46.5 Å². The van der Waals surface area contributed by atoms with Crippen molar-refractivity contribution in [1.29, 1.82) is 0 Å². The van der Waals surface area contributed by atoms with E-state index >= 15 is 0 Å². The van der Waals surface area contributed by atoms with E-state index < -0.39 is 5.41 Å². The summed E-state index contributed by atoms with van der Waals surface area (Å²) in [4.78, 5) is 13.0. The van der Waals surface area contributed by atoms with Crippen molar-refractivity contribution in [3.63, 3.8) is 0 Å². The Hall–Kier alpha value is -3.31. The first-order valence-electron chi connectivity index (χ1n) is 9.79. The predicted octanol–water partition coefficient (Wildman–Crippen LogP) is 4.21. The minimum Gasteiger partial charge on any atom is -0.454 e. The second-order valence-electron chi connectivity index (χ2n) is 7.59. The molecule has 0 spiro atoms. The lowest BCUT2D eigenvalue weighted by Crippen LogP contribution is -2.27. The number of fused-ring (bicyclic) bond motifs is 1. The molecule has 0 atom stereocenters. The predicted molar refractivity (Wildman–Crippen MR) is 112 cm³/mol. The molecule has 1 amide bonds. The third kappa shape index (κ3) is 3.23. The Balaban J connectivity index is 1.33. The lowest BCUT2D eigenvalue weighted by molar-refractivity contribution is -0.118. The van der Waals surface area contributed by atoms with E-state index in [0.29, 0.717) is 12.3 Å². The van der Waals surface area contributed by atoms with Crippen LogP contribution in [0.5, 0.6) is 11.5 Å². The van der Waals surface area contributed by atoms with Crippen molar-refractivity contribution in [3.05, 3.63) is 77.9 Å². The maximum Gasteiger partial charge on any atom is 0.235 e. The number of benzene rings is 3. The molecule has 1 aliphatic heterocycles. The summed E-state index contributed by atoms with van der Waals surface area (Å²) in [7, 11) is 0. The van der Waals surface area contributed by atoms with Crippen molar-refractivity contribution in [2.75, 3.05) is 12.1 Å². The van der Waals surface area contributed by atoms with Gasteiger partial charge < -0.3 is 20.5 Å². The first-order chi connectivity index (χ1) is 14.2. The Kier molecular flexibility index (Phi) is 4.25. The van der Waals surface area contributed by atoms with Crippen molar-refractivity contribution in [3.8, 4) is 22.6 Å². The van der Waals surface area contributed by atoms with Crippen LogP contribution in [0.4, 0.5) is 5.69 Å². The molecule has 1 aliphatic carbocycles. The molecular weight excluding hydrogens is 364 g/mol. The topological polar surface area (TPSA) is 73.6 Å². The molecule has 0 saturated heterocycles. The van der Waals surface area contributed by atoms with Gasteiger partial charge >= 0.3 is 0 Å². The number of carbonyl (C=O) groups excluding carboxylic acids is 1. The summed E-state index contributed by atoms with van der Waals surface area (Å²) in [6.07, 6.45) is 1.67. The Labute approximate surface area is 169 Å². The van der Waals surface area contributed by atoms with Crippen LogP contribution >= 0.6 is 0 Å². The molecule has 3 aromatic rings. The van der Waals surface area contributed by atoms with Gasteiger partial charge in [-0.3, -0.25) is 4.79 Å². The third-order valence-corrected chi connectivity index (χ3v) is 5.75. The largest absolute Gasteiger partial charge is 0.454 e. The standard InChI is InChI=1S/C24H22N2O3/c25-14-16-2-1-3-18(12-16)17-4-7-20(8-5-17)26-23(27)24(10-11-24)19-6-9-21-22(13-19)29-15-28-21/h1-9,12-13H,10-11,14-15,25H2,(H,26,27). The first-order valence-corrected chi connectivity index (χ1v) is 9.79. The molecule has 1 fully saturated rings. The fourth-order valence-corrected chi connectivity index (χ4v) is 3.84. The van der Waals surface area contributed by atoms with E-state index in [4.69, 9.17) is 15.2 Å². The normalized spacial score (nSPS) is 15.8. The highest BCUT2D eigenvalue weighted by molar-refractivity contribution is 6.01. The number of ether oxygens (including phenoxy) is 2. The summed E-state index contributed by atoms with van der Waals surface area (Å²) in [5.41, 5.74) is 10.3. The summed E-state index contributed by atoms with van der Waals surface area (Å²) >= 11 is 0. The summed E-state index contributed by atoms with van der Waals surface area (Å²) in [6.45, 7) is 0.752. The number of amides is 1. The molecule has 3 N–H and O–H groups in total. The maximum atomic E-state index is 13.0. The van der Waals surface area contributed by atoms with Gasteiger partial charge in [-0.15, -0.1) is 0 Å². The van der Waals surface area contributed by atoms with Gasteiger partial charge in [-0.25, -0.2) is 0 Å². The number of hydrogen-bond donors (Lipinski definition) is 2. The summed E-state index contributed by atoms with van der Waals surface area (Å²) < 4.78 is 10.8. The second kappa shape index (κ2) is 6.94. The van der Waals surface area contributed by atoms with E-state index in [-0.39, 0.29) is 12.7 Å². The van der Waals surface area contributed by atoms with Crippen LogP contribution in [0.3, 0.4) is 0 Å². The van der Waals surface area contributed by atoms with E-state index in [9.17, 15) is 4.79 Å². The molecule has 0 unspecified atom stereocenters. The minimum atomic E-state index is -0.477. The quantitative estimate of drug-likeness (QED) is 0.689. The summed E-state index contributed by atoms with van der Waals surface area (Å²) in [5.74, 6) is 1.47. The molecule has 3 aromatic carbocycles. The zero-order valence-electron chi connectivity index (χ0n) is 16.0. The lowest BCUT2D eigenvalue weighted by Gasteiger charge is -2.16. The van der Waals surface area contributed by atoms with Gasteiger partial charge in [-0.05, 0) is 65.4 Å². The molecule has 0 bridgehead atoms. The Morgan fingerprint density at radius 2 is 1.72 bits per heavy atom. The van der Waals surface area contributed by atoms with Gasteiger partial charge in [-0.2, -0.15) is 0 Å². The first kappa shape index (κ1) is 17.8. The van der Waals surface area contributed by atoms with Crippen LogP contribution < -0.4 is 20.5 Å². The number of rotatable bonds is 5. The highest BCUT2D eigenvalue weighted by Crippen LogP contribution is 2.51. The van der Waals surface area contributed by atoms with E-state index in [1.54, 1.807) is 0 Å². The molecule has 1 heterocycles. The minimum absolute atomic E-state index is 0.0224. The smallest absolute Gasteiger partial charge is 0.235 e. The molecule has 146 valence electrons. The van der Waals surface area contributed by atoms with Gasteiger partial charge in [-0.1, -0.05) is 36.4 Å². The number of hydrogen-bond acceptors (Lipinski definition) is 4. The van der Waals surface area contributed by atoms with Crippen LogP contribution in [0.15, 0.2) is 66.7 Å². The SMILES string of the molecule is NCc1cccc(-c2ccc(NC(=O)C3(c4ccc5c(c4)OCO5)CC3)cc2)c1. The number of anilines is 1.